The fourth-order valence-electron chi connectivity index (χ4n) is 8.88. The quantitative estimate of drug-likeness (QED) is 0.322. The second-order valence-electron chi connectivity index (χ2n) is 12.9. The lowest BCUT2D eigenvalue weighted by Crippen LogP contribution is -2.45. The third-order valence-electron chi connectivity index (χ3n) is 11.0. The molecule has 5 aliphatic rings. The second-order valence-corrected chi connectivity index (χ2v) is 12.9. The standard InChI is InChI=1S/C32H44O4/c1-32-19-18-26-25-15-13-24(35-30(33)21-8-4-2-5-9-21)20-23(25)12-14-27(26)28(32)16-17-29(32)36-31(34)22-10-6-3-7-11-22/h13,15,20-22,26-29H,2-12,14,16-19H2,1H3/t26-,27-,28+,29?,32+/m1/s1. The van der Waals surface area contributed by atoms with Gasteiger partial charge in [-0.25, -0.2) is 0 Å². The molecule has 1 aromatic rings. The fourth-order valence-corrected chi connectivity index (χ4v) is 8.88. The van der Waals surface area contributed by atoms with Gasteiger partial charge in [0.05, 0.1) is 11.8 Å². The Balaban J connectivity index is 1.12. The van der Waals surface area contributed by atoms with Crippen molar-refractivity contribution in [3.63, 3.8) is 0 Å². The van der Waals surface area contributed by atoms with Gasteiger partial charge in [-0.15, -0.1) is 0 Å². The molecule has 6 rings (SSSR count). The molecule has 0 saturated heterocycles. The van der Waals surface area contributed by atoms with E-state index in [9.17, 15) is 9.59 Å². The molecule has 1 unspecified atom stereocenters. The summed E-state index contributed by atoms with van der Waals surface area (Å²) in [6.45, 7) is 2.42. The van der Waals surface area contributed by atoms with E-state index in [2.05, 4.69) is 19.1 Å². The zero-order chi connectivity index (χ0) is 24.7. The van der Waals surface area contributed by atoms with E-state index >= 15 is 0 Å². The molecule has 0 amide bonds. The zero-order valence-electron chi connectivity index (χ0n) is 22.1. The number of rotatable bonds is 4. The molecular formula is C32H44O4. The molecule has 4 heteroatoms. The average Bonchev–Trinajstić information content (AvgIpc) is 3.25. The minimum absolute atomic E-state index is 0.0310. The van der Waals surface area contributed by atoms with Gasteiger partial charge in [0.25, 0.3) is 0 Å². The van der Waals surface area contributed by atoms with Crippen LogP contribution >= 0.6 is 0 Å². The molecule has 4 saturated carbocycles. The number of hydrogen-bond acceptors (Lipinski definition) is 4. The summed E-state index contributed by atoms with van der Waals surface area (Å²) in [4.78, 5) is 25.6. The number of benzene rings is 1. The van der Waals surface area contributed by atoms with Crippen LogP contribution < -0.4 is 4.74 Å². The van der Waals surface area contributed by atoms with Gasteiger partial charge in [-0.3, -0.25) is 9.59 Å². The van der Waals surface area contributed by atoms with Crippen molar-refractivity contribution in [1.82, 2.24) is 0 Å². The normalized spacial score (nSPS) is 34.8. The van der Waals surface area contributed by atoms with E-state index in [1.807, 2.05) is 6.07 Å². The summed E-state index contributed by atoms with van der Waals surface area (Å²) in [6, 6.07) is 6.45. The number of ether oxygens (including phenoxy) is 2. The Morgan fingerprint density at radius 1 is 0.806 bits per heavy atom. The van der Waals surface area contributed by atoms with Gasteiger partial charge in [0.15, 0.2) is 0 Å². The molecule has 0 aromatic heterocycles. The van der Waals surface area contributed by atoms with Crippen molar-refractivity contribution in [3.05, 3.63) is 29.3 Å². The van der Waals surface area contributed by atoms with Crippen LogP contribution in [-0.2, 0) is 20.7 Å². The van der Waals surface area contributed by atoms with E-state index in [0.29, 0.717) is 17.8 Å². The van der Waals surface area contributed by atoms with Crippen molar-refractivity contribution in [1.29, 1.82) is 0 Å². The largest absolute Gasteiger partial charge is 0.462 e. The Kier molecular flexibility index (Phi) is 6.90. The first kappa shape index (κ1) is 24.5. The van der Waals surface area contributed by atoms with Crippen LogP contribution in [0.4, 0.5) is 0 Å². The van der Waals surface area contributed by atoms with E-state index in [-0.39, 0.29) is 35.3 Å². The highest BCUT2D eigenvalue weighted by Crippen LogP contribution is 2.61. The molecule has 0 bridgehead atoms. The second kappa shape index (κ2) is 10.1. The van der Waals surface area contributed by atoms with Gasteiger partial charge in [0.2, 0.25) is 0 Å². The third kappa shape index (κ3) is 4.52. The van der Waals surface area contributed by atoms with Crippen LogP contribution in [0.2, 0.25) is 0 Å². The van der Waals surface area contributed by atoms with Crippen molar-refractivity contribution in [2.75, 3.05) is 0 Å². The number of aryl methyl sites for hydroxylation is 1. The van der Waals surface area contributed by atoms with Gasteiger partial charge < -0.3 is 9.47 Å². The predicted octanol–water partition coefficient (Wildman–Crippen LogP) is 7.52. The van der Waals surface area contributed by atoms with Gasteiger partial charge in [-0.2, -0.15) is 0 Å². The van der Waals surface area contributed by atoms with Crippen molar-refractivity contribution in [2.24, 2.45) is 29.1 Å². The highest BCUT2D eigenvalue weighted by molar-refractivity contribution is 5.75. The monoisotopic (exact) mass is 492 g/mol. The summed E-state index contributed by atoms with van der Waals surface area (Å²) in [5, 5.41) is 0. The molecule has 0 N–H and O–H groups in total. The van der Waals surface area contributed by atoms with E-state index in [4.69, 9.17) is 9.47 Å². The van der Waals surface area contributed by atoms with E-state index in [0.717, 1.165) is 63.5 Å². The molecule has 0 spiro atoms. The highest BCUT2D eigenvalue weighted by atomic mass is 16.5. The Bertz CT molecular complexity index is 972. The maximum absolute atomic E-state index is 13.0. The van der Waals surface area contributed by atoms with Gasteiger partial charge >= 0.3 is 11.9 Å². The summed E-state index contributed by atoms with van der Waals surface area (Å²) in [6.07, 6.45) is 18.0. The van der Waals surface area contributed by atoms with Crippen LogP contribution in [0.1, 0.15) is 120 Å². The minimum Gasteiger partial charge on any atom is -0.462 e. The zero-order valence-corrected chi connectivity index (χ0v) is 22.1. The molecular weight excluding hydrogens is 448 g/mol. The summed E-state index contributed by atoms with van der Waals surface area (Å²) >= 11 is 0. The lowest BCUT2D eigenvalue weighted by atomic mass is 9.55. The van der Waals surface area contributed by atoms with Gasteiger partial charge in [0, 0.05) is 5.41 Å². The van der Waals surface area contributed by atoms with E-state index in [1.165, 1.54) is 56.1 Å². The predicted molar refractivity (Wildman–Crippen MR) is 140 cm³/mol. The van der Waals surface area contributed by atoms with Gasteiger partial charge in [-0.1, -0.05) is 51.5 Å². The third-order valence-corrected chi connectivity index (χ3v) is 11.0. The Morgan fingerprint density at radius 2 is 1.50 bits per heavy atom. The van der Waals surface area contributed by atoms with Crippen LogP contribution in [0.5, 0.6) is 5.75 Å². The average molecular weight is 493 g/mol. The van der Waals surface area contributed by atoms with Crippen LogP contribution in [0.15, 0.2) is 18.2 Å². The maximum atomic E-state index is 13.0. The Labute approximate surface area is 216 Å². The smallest absolute Gasteiger partial charge is 0.314 e. The maximum Gasteiger partial charge on any atom is 0.314 e. The molecule has 5 atom stereocenters. The lowest BCUT2D eigenvalue weighted by molar-refractivity contribution is -0.163. The number of carbonyl (C=O) groups excluding carboxylic acids is 2. The van der Waals surface area contributed by atoms with Crippen LogP contribution in [0, 0.1) is 29.1 Å². The summed E-state index contributed by atoms with van der Waals surface area (Å²) in [5.74, 6) is 2.91. The van der Waals surface area contributed by atoms with E-state index < -0.39 is 0 Å². The molecule has 1 aromatic carbocycles. The minimum atomic E-state index is -0.0310. The number of carbonyl (C=O) groups is 2. The van der Waals surface area contributed by atoms with Crippen molar-refractivity contribution in [3.8, 4) is 5.75 Å². The molecule has 0 heterocycles. The van der Waals surface area contributed by atoms with Crippen LogP contribution in [0.25, 0.3) is 0 Å². The first-order valence-electron chi connectivity index (χ1n) is 15.1. The number of fused-ring (bicyclic) bond motifs is 5. The Hall–Kier alpha value is -1.84. The first-order valence-corrected chi connectivity index (χ1v) is 15.1. The van der Waals surface area contributed by atoms with Crippen molar-refractivity contribution < 1.29 is 19.1 Å². The SMILES string of the molecule is C[C@]12CC[C@@H]3c4ccc(OC(=O)C5CCCCC5)cc4CC[C@H]3[C@@H]1CCC2OC(=O)C1CCCCC1. The molecule has 36 heavy (non-hydrogen) atoms. The van der Waals surface area contributed by atoms with Crippen LogP contribution in [0.3, 0.4) is 0 Å². The van der Waals surface area contributed by atoms with Crippen molar-refractivity contribution >= 4 is 11.9 Å². The lowest BCUT2D eigenvalue weighted by Gasteiger charge is -2.50. The van der Waals surface area contributed by atoms with Crippen molar-refractivity contribution in [2.45, 2.75) is 122 Å². The number of hydrogen-bond donors (Lipinski definition) is 0. The molecule has 0 aliphatic heterocycles. The topological polar surface area (TPSA) is 52.6 Å². The molecule has 0 radical (unpaired) electrons. The molecule has 196 valence electrons. The Morgan fingerprint density at radius 3 is 2.22 bits per heavy atom. The van der Waals surface area contributed by atoms with Gasteiger partial charge in [0.1, 0.15) is 11.9 Å². The highest BCUT2D eigenvalue weighted by Gasteiger charge is 2.56. The molecule has 4 nitrogen and oxygen atoms in total. The molecule has 5 aliphatic carbocycles. The van der Waals surface area contributed by atoms with Gasteiger partial charge in [-0.05, 0) is 105 Å². The fraction of sp³-hybridized carbons (Fsp3) is 0.750. The summed E-state index contributed by atoms with van der Waals surface area (Å²) in [5.41, 5.74) is 2.99. The summed E-state index contributed by atoms with van der Waals surface area (Å²) < 4.78 is 12.1. The molecule has 4 fully saturated rings. The summed E-state index contributed by atoms with van der Waals surface area (Å²) in [7, 11) is 0. The van der Waals surface area contributed by atoms with E-state index in [1.54, 1.807) is 0 Å². The number of esters is 2. The van der Waals surface area contributed by atoms with Crippen LogP contribution in [-0.4, -0.2) is 18.0 Å². The first-order chi connectivity index (χ1) is 17.5.